The van der Waals surface area contributed by atoms with Crippen molar-refractivity contribution in [3.63, 3.8) is 0 Å². The minimum Gasteiger partial charge on any atom is -0.379 e. The summed E-state index contributed by atoms with van der Waals surface area (Å²) in [6.07, 6.45) is 0. The first-order chi connectivity index (χ1) is 7.65. The van der Waals surface area contributed by atoms with Gasteiger partial charge in [0.1, 0.15) is 0 Å². The molecule has 1 aromatic heterocycles. The first kappa shape index (κ1) is 12.5. The van der Waals surface area contributed by atoms with Crippen molar-refractivity contribution in [2.24, 2.45) is 0 Å². The molecule has 2 rings (SSSR count). The van der Waals surface area contributed by atoms with E-state index in [1.165, 1.54) is 4.88 Å². The van der Waals surface area contributed by atoms with Gasteiger partial charge < -0.3 is 5.32 Å². The van der Waals surface area contributed by atoms with Gasteiger partial charge in [0, 0.05) is 15.0 Å². The van der Waals surface area contributed by atoms with Gasteiger partial charge in [-0.2, -0.15) is 0 Å². The van der Waals surface area contributed by atoms with Crippen molar-refractivity contribution >= 4 is 62.8 Å². The van der Waals surface area contributed by atoms with Crippen LogP contribution in [0.15, 0.2) is 30.3 Å². The fourth-order valence-corrected chi connectivity index (χ4v) is 3.21. The van der Waals surface area contributed by atoms with Crippen LogP contribution in [0, 0.1) is 3.57 Å². The molecule has 5 heteroatoms. The summed E-state index contributed by atoms with van der Waals surface area (Å²) in [5.74, 6) is 0. The maximum atomic E-state index is 6.11. The molecular weight excluding hydrogens is 376 g/mol. The minimum atomic E-state index is 0.745. The summed E-state index contributed by atoms with van der Waals surface area (Å²) in [5, 5.41) is 4.03. The zero-order valence-electron chi connectivity index (χ0n) is 8.14. The van der Waals surface area contributed by atoms with E-state index in [9.17, 15) is 0 Å². The van der Waals surface area contributed by atoms with Crippen LogP contribution in [0.1, 0.15) is 4.88 Å². The summed E-state index contributed by atoms with van der Waals surface area (Å²) >= 11 is 15.8. The monoisotopic (exact) mass is 383 g/mol. The van der Waals surface area contributed by atoms with Crippen LogP contribution >= 0.6 is 57.1 Å². The Kier molecular flexibility index (Phi) is 4.35. The molecule has 0 aliphatic carbocycles. The van der Waals surface area contributed by atoms with E-state index in [0.29, 0.717) is 0 Å². The lowest BCUT2D eigenvalue weighted by molar-refractivity contribution is 1.19. The Balaban J connectivity index is 2.04. The lowest BCUT2D eigenvalue weighted by Crippen LogP contribution is -1.97. The fraction of sp³-hybridized carbons (Fsp3) is 0.0909. The highest BCUT2D eigenvalue weighted by Gasteiger charge is 2.02. The van der Waals surface area contributed by atoms with Crippen LogP contribution in [0.3, 0.4) is 0 Å². The highest BCUT2D eigenvalue weighted by atomic mass is 127. The van der Waals surface area contributed by atoms with E-state index < -0.39 is 0 Å². The molecule has 0 atom stereocenters. The molecule has 0 aliphatic rings. The van der Waals surface area contributed by atoms with Crippen LogP contribution < -0.4 is 5.32 Å². The lowest BCUT2D eigenvalue weighted by atomic mass is 10.3. The van der Waals surface area contributed by atoms with Gasteiger partial charge in [-0.15, -0.1) is 11.3 Å². The number of benzene rings is 1. The Bertz CT molecular complexity index is 498. The average molecular weight is 384 g/mol. The number of halogens is 3. The van der Waals surface area contributed by atoms with E-state index in [-0.39, 0.29) is 0 Å². The molecule has 2 aromatic rings. The van der Waals surface area contributed by atoms with Gasteiger partial charge in [-0.3, -0.25) is 0 Å². The molecule has 16 heavy (non-hydrogen) atoms. The van der Waals surface area contributed by atoms with Gasteiger partial charge in [-0.05, 0) is 52.9 Å². The SMILES string of the molecule is Clc1ccc(CNc2ccc(I)cc2Cl)s1. The summed E-state index contributed by atoms with van der Waals surface area (Å²) < 4.78 is 1.94. The number of hydrogen-bond acceptors (Lipinski definition) is 2. The molecule has 1 N–H and O–H groups in total. The Morgan fingerprint density at radius 3 is 2.62 bits per heavy atom. The average Bonchev–Trinajstić information content (AvgIpc) is 2.63. The maximum Gasteiger partial charge on any atom is 0.0931 e. The molecule has 1 aromatic carbocycles. The third-order valence-electron chi connectivity index (χ3n) is 2.01. The zero-order valence-corrected chi connectivity index (χ0v) is 12.6. The predicted octanol–water partition coefficient (Wildman–Crippen LogP) is 5.27. The second kappa shape index (κ2) is 5.58. The van der Waals surface area contributed by atoms with Gasteiger partial charge in [0.15, 0.2) is 0 Å². The van der Waals surface area contributed by atoms with Crippen LogP contribution in [-0.2, 0) is 6.54 Å². The van der Waals surface area contributed by atoms with Crippen LogP contribution in [0.5, 0.6) is 0 Å². The Morgan fingerprint density at radius 1 is 1.19 bits per heavy atom. The molecule has 0 spiro atoms. The quantitative estimate of drug-likeness (QED) is 0.711. The Morgan fingerprint density at radius 2 is 2.00 bits per heavy atom. The van der Waals surface area contributed by atoms with Crippen LogP contribution in [-0.4, -0.2) is 0 Å². The van der Waals surface area contributed by atoms with E-state index in [0.717, 1.165) is 25.2 Å². The summed E-state index contributed by atoms with van der Waals surface area (Å²) in [6, 6.07) is 9.86. The molecule has 0 bridgehead atoms. The van der Waals surface area contributed by atoms with Crippen molar-refractivity contribution < 1.29 is 0 Å². The highest BCUT2D eigenvalue weighted by Crippen LogP contribution is 2.26. The largest absolute Gasteiger partial charge is 0.379 e. The fourth-order valence-electron chi connectivity index (χ4n) is 1.26. The lowest BCUT2D eigenvalue weighted by Gasteiger charge is -2.07. The van der Waals surface area contributed by atoms with Crippen molar-refractivity contribution in [2.75, 3.05) is 5.32 Å². The molecule has 1 nitrogen and oxygen atoms in total. The molecule has 84 valence electrons. The van der Waals surface area contributed by atoms with E-state index in [2.05, 4.69) is 27.9 Å². The normalized spacial score (nSPS) is 10.4. The first-order valence-corrected chi connectivity index (χ1v) is 7.23. The topological polar surface area (TPSA) is 12.0 Å². The van der Waals surface area contributed by atoms with Gasteiger partial charge in [0.05, 0.1) is 15.0 Å². The van der Waals surface area contributed by atoms with Gasteiger partial charge >= 0.3 is 0 Å². The minimum absolute atomic E-state index is 0.745. The summed E-state index contributed by atoms with van der Waals surface area (Å²) in [4.78, 5) is 1.19. The molecule has 0 unspecified atom stereocenters. The standard InChI is InChI=1S/C11H8Cl2INS/c12-9-5-7(14)1-3-10(9)15-6-8-2-4-11(13)16-8/h1-5,15H,6H2. The summed E-state index contributed by atoms with van der Waals surface area (Å²) in [6.45, 7) is 0.748. The first-order valence-electron chi connectivity index (χ1n) is 4.58. The van der Waals surface area contributed by atoms with E-state index in [1.54, 1.807) is 11.3 Å². The number of rotatable bonds is 3. The third kappa shape index (κ3) is 3.26. The van der Waals surface area contributed by atoms with Gasteiger partial charge in [0.2, 0.25) is 0 Å². The van der Waals surface area contributed by atoms with Gasteiger partial charge in [0.25, 0.3) is 0 Å². The second-order valence-electron chi connectivity index (χ2n) is 3.18. The Hall–Kier alpha value is 0.0300. The zero-order chi connectivity index (χ0) is 11.5. The van der Waals surface area contributed by atoms with E-state index in [1.807, 2.05) is 30.3 Å². The highest BCUT2D eigenvalue weighted by molar-refractivity contribution is 14.1. The number of anilines is 1. The van der Waals surface area contributed by atoms with Crippen molar-refractivity contribution in [2.45, 2.75) is 6.54 Å². The molecule has 0 saturated carbocycles. The van der Waals surface area contributed by atoms with E-state index in [4.69, 9.17) is 23.2 Å². The van der Waals surface area contributed by atoms with Crippen LogP contribution in [0.25, 0.3) is 0 Å². The molecule has 0 fully saturated rings. The van der Waals surface area contributed by atoms with Crippen LogP contribution in [0.4, 0.5) is 5.69 Å². The van der Waals surface area contributed by atoms with Gasteiger partial charge in [-0.25, -0.2) is 0 Å². The van der Waals surface area contributed by atoms with Gasteiger partial charge in [-0.1, -0.05) is 23.2 Å². The molecule has 0 amide bonds. The number of thiophene rings is 1. The molecule has 0 saturated heterocycles. The second-order valence-corrected chi connectivity index (χ2v) is 6.64. The summed E-state index contributed by atoms with van der Waals surface area (Å²) in [5.41, 5.74) is 0.951. The molecular formula is C11H8Cl2INS. The maximum absolute atomic E-state index is 6.11. The number of nitrogens with one attached hydrogen (secondary N) is 1. The smallest absolute Gasteiger partial charge is 0.0931 e. The summed E-state index contributed by atoms with van der Waals surface area (Å²) in [7, 11) is 0. The number of hydrogen-bond donors (Lipinski definition) is 1. The van der Waals surface area contributed by atoms with Crippen molar-refractivity contribution in [1.82, 2.24) is 0 Å². The molecule has 0 aliphatic heterocycles. The van der Waals surface area contributed by atoms with Crippen molar-refractivity contribution in [3.8, 4) is 0 Å². The molecule has 1 heterocycles. The van der Waals surface area contributed by atoms with Crippen molar-refractivity contribution in [3.05, 3.63) is 48.1 Å². The van der Waals surface area contributed by atoms with Crippen LogP contribution in [0.2, 0.25) is 9.36 Å². The van der Waals surface area contributed by atoms with E-state index >= 15 is 0 Å². The predicted molar refractivity (Wildman–Crippen MR) is 80.8 cm³/mol. The third-order valence-corrected chi connectivity index (χ3v) is 4.23. The Labute approximate surface area is 122 Å². The van der Waals surface area contributed by atoms with Crippen molar-refractivity contribution in [1.29, 1.82) is 0 Å². The molecule has 0 radical (unpaired) electrons.